The molecule has 176 valence electrons. The van der Waals surface area contributed by atoms with Gasteiger partial charge >= 0.3 is 0 Å². The summed E-state index contributed by atoms with van der Waals surface area (Å²) in [7, 11) is 0. The second-order valence-corrected chi connectivity index (χ2v) is 10.1. The van der Waals surface area contributed by atoms with E-state index in [0.717, 1.165) is 30.4 Å². The lowest BCUT2D eigenvalue weighted by Gasteiger charge is -2.29. The predicted molar refractivity (Wildman–Crippen MR) is 149 cm³/mol. The van der Waals surface area contributed by atoms with E-state index < -0.39 is 0 Å². The van der Waals surface area contributed by atoms with Crippen LogP contribution in [0, 0.1) is 5.92 Å². The average Bonchev–Trinajstić information content (AvgIpc) is 2.89. The van der Waals surface area contributed by atoms with Gasteiger partial charge in [0.2, 0.25) is 0 Å². The Morgan fingerprint density at radius 1 is 0.735 bits per heavy atom. The molecule has 0 aromatic heterocycles. The summed E-state index contributed by atoms with van der Waals surface area (Å²) in [5, 5.41) is 2.42. The minimum absolute atomic E-state index is 0.759. The minimum atomic E-state index is 0.759. The highest BCUT2D eigenvalue weighted by Gasteiger charge is 2.22. The summed E-state index contributed by atoms with van der Waals surface area (Å²) in [6.45, 7) is 2.30. The van der Waals surface area contributed by atoms with Gasteiger partial charge in [-0.25, -0.2) is 0 Å². The number of aliphatic imine (C=N–C) groups is 1. The van der Waals surface area contributed by atoms with Crippen molar-refractivity contribution in [1.29, 1.82) is 0 Å². The van der Waals surface area contributed by atoms with Gasteiger partial charge in [0.25, 0.3) is 0 Å². The normalized spacial score (nSPS) is 17.8. The molecule has 4 rings (SSSR count). The number of rotatable bonds is 10. The smallest absolute Gasteiger partial charge is 0.0739 e. The van der Waals surface area contributed by atoms with Gasteiger partial charge in [0.05, 0.1) is 10.8 Å². The Morgan fingerprint density at radius 2 is 1.29 bits per heavy atom. The van der Waals surface area contributed by atoms with Crippen LogP contribution in [0.5, 0.6) is 0 Å². The second-order valence-electron chi connectivity index (χ2n) is 9.90. The van der Waals surface area contributed by atoms with Gasteiger partial charge in [-0.1, -0.05) is 93.3 Å². The van der Waals surface area contributed by atoms with E-state index in [4.69, 9.17) is 0 Å². The largest absolute Gasteiger partial charge is 0.195 e. The van der Waals surface area contributed by atoms with Crippen molar-refractivity contribution in [3.63, 3.8) is 0 Å². The molecule has 0 atom stereocenters. The van der Waals surface area contributed by atoms with E-state index in [0.29, 0.717) is 0 Å². The molecule has 0 aliphatic heterocycles. The van der Waals surface area contributed by atoms with E-state index in [1.165, 1.54) is 79.2 Å². The zero-order valence-electron chi connectivity index (χ0n) is 20.5. The highest BCUT2D eigenvalue weighted by atomic mass is 32.1. The first-order valence-electron chi connectivity index (χ1n) is 13.1. The summed E-state index contributed by atoms with van der Waals surface area (Å²) in [6.07, 6.45) is 13.3. The van der Waals surface area contributed by atoms with Crippen molar-refractivity contribution < 1.29 is 0 Å². The third kappa shape index (κ3) is 6.98. The first kappa shape index (κ1) is 24.6. The quantitative estimate of drug-likeness (QED) is 0.164. The minimum Gasteiger partial charge on any atom is -0.195 e. The summed E-state index contributed by atoms with van der Waals surface area (Å²) in [5.41, 5.74) is 7.71. The summed E-state index contributed by atoms with van der Waals surface area (Å²) in [6, 6.07) is 26.7. The standard InChI is InChI=1S/C32H37NS/c1-2-3-4-5-25-8-14-28(15-9-25)30-18-20-31(21-19-30)29-16-10-26(11-17-29)6-7-27-12-22-32(23-13-27)33-24-34/h10-13,16-23,25,28H,2-9,14-15H2,1H3. The molecule has 0 spiro atoms. The van der Waals surface area contributed by atoms with Crippen LogP contribution in [0.15, 0.2) is 77.8 Å². The van der Waals surface area contributed by atoms with Crippen LogP contribution in [0.3, 0.4) is 0 Å². The molecule has 2 heteroatoms. The van der Waals surface area contributed by atoms with Crippen molar-refractivity contribution in [1.82, 2.24) is 0 Å². The van der Waals surface area contributed by atoms with Crippen LogP contribution in [0.1, 0.15) is 80.9 Å². The predicted octanol–water partition coefficient (Wildman–Crippen LogP) is 9.73. The monoisotopic (exact) mass is 467 g/mol. The Bertz CT molecular complexity index is 1050. The molecule has 1 saturated carbocycles. The Morgan fingerprint density at radius 3 is 1.85 bits per heavy atom. The van der Waals surface area contributed by atoms with E-state index in [-0.39, 0.29) is 0 Å². The van der Waals surface area contributed by atoms with Crippen molar-refractivity contribution in [2.75, 3.05) is 0 Å². The zero-order chi connectivity index (χ0) is 23.6. The van der Waals surface area contributed by atoms with Gasteiger partial charge in [-0.05, 0) is 103 Å². The van der Waals surface area contributed by atoms with Gasteiger partial charge < -0.3 is 0 Å². The van der Waals surface area contributed by atoms with Crippen molar-refractivity contribution in [2.24, 2.45) is 10.9 Å². The summed E-state index contributed by atoms with van der Waals surface area (Å²) < 4.78 is 0. The molecule has 3 aromatic carbocycles. The third-order valence-electron chi connectivity index (χ3n) is 7.55. The summed E-state index contributed by atoms with van der Waals surface area (Å²) in [4.78, 5) is 4.02. The number of thiocarbonyl (C=S) groups is 1. The van der Waals surface area contributed by atoms with E-state index in [9.17, 15) is 0 Å². The number of hydrogen-bond donors (Lipinski definition) is 0. The first-order valence-corrected chi connectivity index (χ1v) is 13.5. The van der Waals surface area contributed by atoms with Crippen molar-refractivity contribution in [3.05, 3.63) is 89.5 Å². The van der Waals surface area contributed by atoms with Crippen LogP contribution < -0.4 is 0 Å². The third-order valence-corrected chi connectivity index (χ3v) is 7.64. The molecule has 1 aliphatic carbocycles. The Kier molecular flexibility index (Phi) is 9.25. The molecule has 0 heterocycles. The van der Waals surface area contributed by atoms with Gasteiger partial charge in [-0.15, -0.1) is 0 Å². The van der Waals surface area contributed by atoms with Gasteiger partial charge in [0, 0.05) is 0 Å². The Balaban J connectivity index is 1.28. The maximum Gasteiger partial charge on any atom is 0.0739 e. The van der Waals surface area contributed by atoms with Crippen molar-refractivity contribution >= 4 is 23.1 Å². The van der Waals surface area contributed by atoms with Gasteiger partial charge in [0.15, 0.2) is 0 Å². The molecule has 0 unspecified atom stereocenters. The van der Waals surface area contributed by atoms with Crippen LogP contribution in [0.25, 0.3) is 11.1 Å². The molecule has 0 bridgehead atoms. The molecular formula is C32H37NS. The lowest BCUT2D eigenvalue weighted by molar-refractivity contribution is 0.303. The maximum absolute atomic E-state index is 4.67. The van der Waals surface area contributed by atoms with Crippen molar-refractivity contribution in [3.8, 4) is 11.1 Å². The fraction of sp³-hybridized carbons (Fsp3) is 0.406. The van der Waals surface area contributed by atoms with E-state index in [1.54, 1.807) is 0 Å². The zero-order valence-corrected chi connectivity index (χ0v) is 21.3. The van der Waals surface area contributed by atoms with Crippen molar-refractivity contribution in [2.45, 2.75) is 77.0 Å². The van der Waals surface area contributed by atoms with Crippen LogP contribution >= 0.6 is 12.2 Å². The number of hydrogen-bond acceptors (Lipinski definition) is 2. The van der Waals surface area contributed by atoms with E-state index in [1.807, 2.05) is 12.1 Å². The number of benzene rings is 3. The molecule has 0 radical (unpaired) electrons. The number of nitrogens with zero attached hydrogens (tertiary/aromatic N) is 1. The molecule has 0 amide bonds. The molecule has 1 fully saturated rings. The van der Waals surface area contributed by atoms with E-state index in [2.05, 4.69) is 90.0 Å². The highest BCUT2D eigenvalue weighted by molar-refractivity contribution is 7.78. The van der Waals surface area contributed by atoms with Crippen LogP contribution in [-0.2, 0) is 12.8 Å². The molecular weight excluding hydrogens is 430 g/mol. The average molecular weight is 468 g/mol. The van der Waals surface area contributed by atoms with Crippen LogP contribution in [0.2, 0.25) is 0 Å². The molecule has 34 heavy (non-hydrogen) atoms. The number of aryl methyl sites for hydroxylation is 2. The van der Waals surface area contributed by atoms with Crippen LogP contribution in [-0.4, -0.2) is 5.16 Å². The second kappa shape index (κ2) is 12.8. The highest BCUT2D eigenvalue weighted by Crippen LogP contribution is 2.38. The molecule has 1 aliphatic rings. The van der Waals surface area contributed by atoms with E-state index >= 15 is 0 Å². The summed E-state index contributed by atoms with van der Waals surface area (Å²) >= 11 is 4.67. The first-order chi connectivity index (χ1) is 16.7. The SMILES string of the molecule is CCCCCC1CCC(c2ccc(-c3ccc(CCc4ccc(N=C=S)cc4)cc3)cc2)CC1. The van der Waals surface area contributed by atoms with Gasteiger partial charge in [-0.3, -0.25) is 0 Å². The lowest BCUT2D eigenvalue weighted by atomic mass is 9.77. The van der Waals surface area contributed by atoms with Crippen LogP contribution in [0.4, 0.5) is 5.69 Å². The van der Waals surface area contributed by atoms with Gasteiger partial charge in [0.1, 0.15) is 0 Å². The lowest BCUT2D eigenvalue weighted by Crippen LogP contribution is -2.13. The molecule has 0 N–H and O–H groups in total. The molecule has 3 aromatic rings. The number of unbranched alkanes of at least 4 members (excludes halogenated alkanes) is 2. The Hall–Kier alpha value is -2.54. The Labute approximate surface area is 211 Å². The summed E-state index contributed by atoms with van der Waals surface area (Å²) in [5.74, 6) is 1.74. The fourth-order valence-electron chi connectivity index (χ4n) is 5.36. The van der Waals surface area contributed by atoms with Gasteiger partial charge in [-0.2, -0.15) is 4.99 Å². The maximum atomic E-state index is 4.67. The number of isothiocyanates is 1. The topological polar surface area (TPSA) is 12.4 Å². The fourth-order valence-corrected chi connectivity index (χ4v) is 5.46. The molecule has 1 nitrogen and oxygen atoms in total. The molecule has 0 saturated heterocycles.